The van der Waals surface area contributed by atoms with Gasteiger partial charge in [-0.3, -0.25) is 9.36 Å². The number of methoxy groups -OCH3 is 1. The zero-order valence-corrected chi connectivity index (χ0v) is 18.9. The number of hydrogen-bond acceptors (Lipinski definition) is 8. The third kappa shape index (κ3) is 4.96. The minimum atomic E-state index is -0.449. The van der Waals surface area contributed by atoms with E-state index in [1.54, 1.807) is 24.5 Å². The molecule has 0 radical (unpaired) electrons. The molecule has 0 spiro atoms. The smallest absolute Gasteiger partial charge is 0.337 e. The zero-order valence-electron chi connectivity index (χ0n) is 18.0. The number of ether oxygens (including phenoxy) is 1. The normalized spacial score (nSPS) is 13.4. The van der Waals surface area contributed by atoms with Gasteiger partial charge in [0.25, 0.3) is 0 Å². The molecular formula is C22H25N5O4S. The first-order chi connectivity index (χ1) is 15.5. The summed E-state index contributed by atoms with van der Waals surface area (Å²) in [5.74, 6) is 1.10. The summed E-state index contributed by atoms with van der Waals surface area (Å²) < 4.78 is 12.3. The molecule has 2 aromatic heterocycles. The number of nitrogens with zero attached hydrogens (tertiary/aromatic N) is 4. The van der Waals surface area contributed by atoms with Gasteiger partial charge in [-0.15, -0.1) is 10.2 Å². The number of aryl methyl sites for hydroxylation is 1. The predicted molar refractivity (Wildman–Crippen MR) is 121 cm³/mol. The molecular weight excluding hydrogens is 430 g/mol. The van der Waals surface area contributed by atoms with Gasteiger partial charge in [-0.2, -0.15) is 0 Å². The molecule has 4 rings (SSSR count). The fraction of sp³-hybridized carbons (Fsp3) is 0.364. The van der Waals surface area contributed by atoms with Crippen molar-refractivity contribution in [2.75, 3.05) is 36.2 Å². The van der Waals surface area contributed by atoms with E-state index < -0.39 is 5.97 Å². The minimum absolute atomic E-state index is 0.151. The van der Waals surface area contributed by atoms with E-state index in [4.69, 9.17) is 9.15 Å². The van der Waals surface area contributed by atoms with Gasteiger partial charge in [-0.25, -0.2) is 4.79 Å². The highest BCUT2D eigenvalue weighted by molar-refractivity contribution is 7.99. The van der Waals surface area contributed by atoms with Crippen LogP contribution in [0.25, 0.3) is 0 Å². The summed E-state index contributed by atoms with van der Waals surface area (Å²) in [6.45, 7) is 4.25. The molecule has 1 amide bonds. The summed E-state index contributed by atoms with van der Waals surface area (Å²) in [5.41, 5.74) is 1.82. The number of hydrogen-bond donors (Lipinski definition) is 1. The van der Waals surface area contributed by atoms with Gasteiger partial charge in [0.05, 0.1) is 31.2 Å². The van der Waals surface area contributed by atoms with E-state index in [0.29, 0.717) is 23.0 Å². The van der Waals surface area contributed by atoms with E-state index in [1.165, 1.54) is 18.9 Å². The van der Waals surface area contributed by atoms with E-state index in [2.05, 4.69) is 20.4 Å². The lowest BCUT2D eigenvalue weighted by atomic mass is 10.1. The van der Waals surface area contributed by atoms with Gasteiger partial charge in [0, 0.05) is 18.8 Å². The minimum Gasteiger partial charge on any atom is -0.467 e. The average molecular weight is 456 g/mol. The number of carbonyl (C=O) groups excluding carboxylic acids is 2. The van der Waals surface area contributed by atoms with Crippen molar-refractivity contribution in [3.05, 3.63) is 53.5 Å². The summed E-state index contributed by atoms with van der Waals surface area (Å²) in [4.78, 5) is 26.6. The van der Waals surface area contributed by atoms with E-state index >= 15 is 0 Å². The van der Waals surface area contributed by atoms with Crippen LogP contribution in [0.15, 0.2) is 46.2 Å². The Morgan fingerprint density at radius 3 is 2.75 bits per heavy atom. The number of thioether (sulfide) groups is 1. The number of nitrogens with one attached hydrogen (secondary N) is 1. The van der Waals surface area contributed by atoms with Crippen molar-refractivity contribution in [3.63, 3.8) is 0 Å². The van der Waals surface area contributed by atoms with Crippen LogP contribution in [-0.4, -0.2) is 52.6 Å². The first-order valence-corrected chi connectivity index (χ1v) is 11.4. The van der Waals surface area contributed by atoms with E-state index in [9.17, 15) is 9.59 Å². The van der Waals surface area contributed by atoms with Crippen molar-refractivity contribution < 1.29 is 18.7 Å². The molecule has 1 aliphatic heterocycles. The van der Waals surface area contributed by atoms with Crippen molar-refractivity contribution in [1.29, 1.82) is 0 Å². The Hall–Kier alpha value is -3.27. The molecule has 3 heterocycles. The molecule has 0 unspecified atom stereocenters. The molecule has 0 aliphatic carbocycles. The summed E-state index contributed by atoms with van der Waals surface area (Å²) in [7, 11) is 1.33. The van der Waals surface area contributed by atoms with Crippen molar-refractivity contribution in [2.24, 2.45) is 0 Å². The van der Waals surface area contributed by atoms with Gasteiger partial charge in [0.1, 0.15) is 5.76 Å². The second kappa shape index (κ2) is 9.90. The first kappa shape index (κ1) is 21.9. The molecule has 1 N–H and O–H groups in total. The highest BCUT2D eigenvalue weighted by atomic mass is 32.2. The average Bonchev–Trinajstić information content (AvgIpc) is 3.56. The van der Waals surface area contributed by atoms with Gasteiger partial charge in [-0.1, -0.05) is 17.8 Å². The molecule has 32 heavy (non-hydrogen) atoms. The molecule has 0 saturated carbocycles. The number of aromatic nitrogens is 3. The Morgan fingerprint density at radius 2 is 2.03 bits per heavy atom. The fourth-order valence-electron chi connectivity index (χ4n) is 3.55. The highest BCUT2D eigenvalue weighted by Gasteiger charge is 2.22. The monoisotopic (exact) mass is 455 g/mol. The molecule has 1 aliphatic rings. The molecule has 0 atom stereocenters. The number of esters is 1. The Balaban J connectivity index is 1.46. The maximum atomic E-state index is 12.6. The van der Waals surface area contributed by atoms with E-state index in [0.717, 1.165) is 43.2 Å². The Morgan fingerprint density at radius 1 is 1.22 bits per heavy atom. The van der Waals surface area contributed by atoms with Crippen LogP contribution in [0.5, 0.6) is 0 Å². The van der Waals surface area contributed by atoms with Gasteiger partial charge in [0.2, 0.25) is 11.9 Å². The Kier molecular flexibility index (Phi) is 6.79. The largest absolute Gasteiger partial charge is 0.467 e. The second-order valence-electron chi connectivity index (χ2n) is 7.50. The SMILES string of the molecule is COC(=O)c1ccc(C)c(NC(=O)CSc2nnc(N3CCCC3)n2Cc2ccco2)c1. The van der Waals surface area contributed by atoms with Gasteiger partial charge < -0.3 is 19.4 Å². The topological polar surface area (TPSA) is 102 Å². The fourth-order valence-corrected chi connectivity index (χ4v) is 4.29. The zero-order chi connectivity index (χ0) is 22.5. The molecule has 9 nitrogen and oxygen atoms in total. The first-order valence-electron chi connectivity index (χ1n) is 10.4. The van der Waals surface area contributed by atoms with Crippen LogP contribution in [-0.2, 0) is 16.1 Å². The molecule has 0 bridgehead atoms. The van der Waals surface area contributed by atoms with Crippen molar-refractivity contribution >= 4 is 35.3 Å². The quantitative estimate of drug-likeness (QED) is 0.408. The van der Waals surface area contributed by atoms with Crippen LogP contribution in [0.3, 0.4) is 0 Å². The van der Waals surface area contributed by atoms with E-state index in [1.807, 2.05) is 23.6 Å². The van der Waals surface area contributed by atoms with Crippen molar-refractivity contribution in [1.82, 2.24) is 14.8 Å². The standard InChI is InChI=1S/C22H25N5O4S/c1-15-7-8-16(20(29)30-2)12-18(15)23-19(28)14-32-22-25-24-21(26-9-3-4-10-26)27(22)13-17-6-5-11-31-17/h5-8,11-12H,3-4,9-10,13-14H2,1-2H3,(H,23,28). The number of anilines is 2. The lowest BCUT2D eigenvalue weighted by molar-refractivity contribution is -0.113. The lowest BCUT2D eigenvalue weighted by Gasteiger charge is -2.17. The van der Waals surface area contributed by atoms with Crippen molar-refractivity contribution in [2.45, 2.75) is 31.5 Å². The Labute approximate surface area is 190 Å². The molecule has 168 valence electrons. The number of rotatable bonds is 8. The Bertz CT molecular complexity index is 1090. The third-order valence-electron chi connectivity index (χ3n) is 5.25. The van der Waals surface area contributed by atoms with Gasteiger partial charge >= 0.3 is 5.97 Å². The summed E-state index contributed by atoms with van der Waals surface area (Å²) in [6, 6.07) is 8.82. The number of benzene rings is 1. The van der Waals surface area contributed by atoms with Crippen molar-refractivity contribution in [3.8, 4) is 0 Å². The maximum Gasteiger partial charge on any atom is 0.337 e. The molecule has 1 saturated heterocycles. The van der Waals surface area contributed by atoms with Crippen LogP contribution in [0, 0.1) is 6.92 Å². The number of carbonyl (C=O) groups is 2. The predicted octanol–water partition coefficient (Wildman–Crippen LogP) is 3.35. The maximum absolute atomic E-state index is 12.6. The third-order valence-corrected chi connectivity index (χ3v) is 6.21. The highest BCUT2D eigenvalue weighted by Crippen LogP contribution is 2.26. The van der Waals surface area contributed by atoms with Crippen LogP contribution in [0.2, 0.25) is 0 Å². The summed E-state index contributed by atoms with van der Waals surface area (Å²) >= 11 is 1.31. The number of amides is 1. The van der Waals surface area contributed by atoms with E-state index in [-0.39, 0.29) is 11.7 Å². The molecule has 3 aromatic rings. The lowest BCUT2D eigenvalue weighted by Crippen LogP contribution is -2.23. The van der Waals surface area contributed by atoms with Gasteiger partial charge in [0.15, 0.2) is 5.16 Å². The van der Waals surface area contributed by atoms with Crippen LogP contribution in [0.1, 0.15) is 34.5 Å². The van der Waals surface area contributed by atoms with Gasteiger partial charge in [-0.05, 0) is 49.6 Å². The second-order valence-corrected chi connectivity index (χ2v) is 8.44. The summed E-state index contributed by atoms with van der Waals surface area (Å²) in [5, 5.41) is 12.3. The van der Waals surface area contributed by atoms with Crippen LogP contribution >= 0.6 is 11.8 Å². The molecule has 1 fully saturated rings. The number of furan rings is 1. The van der Waals surface area contributed by atoms with Crippen LogP contribution < -0.4 is 10.2 Å². The van der Waals surface area contributed by atoms with Crippen LogP contribution in [0.4, 0.5) is 11.6 Å². The molecule has 1 aromatic carbocycles. The molecule has 10 heteroatoms. The summed E-state index contributed by atoms with van der Waals surface area (Å²) in [6.07, 6.45) is 3.89.